The van der Waals surface area contributed by atoms with Gasteiger partial charge in [0.25, 0.3) is 0 Å². The number of carbonyl (C=O) groups is 1. The van der Waals surface area contributed by atoms with Gasteiger partial charge in [-0.15, -0.1) is 0 Å². The number of benzene rings is 2. The van der Waals surface area contributed by atoms with E-state index in [4.69, 9.17) is 4.74 Å². The highest BCUT2D eigenvalue weighted by molar-refractivity contribution is 6.09. The summed E-state index contributed by atoms with van der Waals surface area (Å²) in [6.07, 6.45) is -0.540. The number of hydrogen-bond acceptors (Lipinski definition) is 3. The molecule has 1 N–H and O–H groups in total. The molecule has 0 aliphatic heterocycles. The maximum absolute atomic E-state index is 11.2. The lowest BCUT2D eigenvalue weighted by atomic mass is 10.0. The number of ether oxygens (including phenoxy) is 1. The molecule has 0 unspecified atom stereocenters. The van der Waals surface area contributed by atoms with E-state index in [9.17, 15) is 4.79 Å². The van der Waals surface area contributed by atoms with Crippen LogP contribution in [-0.2, 0) is 4.74 Å². The third kappa shape index (κ3) is 3.10. The van der Waals surface area contributed by atoms with Gasteiger partial charge in [0.1, 0.15) is 0 Å². The lowest BCUT2D eigenvalue weighted by Crippen LogP contribution is -2.20. The minimum atomic E-state index is -0.540. The molecular weight excluding hydrogens is 240 g/mol. The van der Waals surface area contributed by atoms with Crippen molar-refractivity contribution < 1.29 is 9.53 Å². The minimum Gasteiger partial charge on any atom is -0.449 e. The lowest BCUT2D eigenvalue weighted by Gasteiger charge is -2.06. The molecule has 0 spiro atoms. The van der Waals surface area contributed by atoms with Crippen LogP contribution in [0.15, 0.2) is 47.6 Å². The Morgan fingerprint density at radius 3 is 2.74 bits per heavy atom. The predicted molar refractivity (Wildman–Crippen MR) is 76.3 cm³/mol. The van der Waals surface area contributed by atoms with Crippen molar-refractivity contribution in [2.75, 3.05) is 6.61 Å². The SMILES string of the molecule is CCOC(=O)N/N=C(\C)c1cccc2ccccc12. The molecule has 0 atom stereocenters. The van der Waals surface area contributed by atoms with Gasteiger partial charge in [0.15, 0.2) is 0 Å². The van der Waals surface area contributed by atoms with Gasteiger partial charge >= 0.3 is 6.09 Å². The molecule has 0 aromatic heterocycles. The highest BCUT2D eigenvalue weighted by atomic mass is 16.5. The normalized spacial score (nSPS) is 11.4. The zero-order valence-electron chi connectivity index (χ0n) is 11.0. The predicted octanol–water partition coefficient (Wildman–Crippen LogP) is 3.31. The molecule has 0 heterocycles. The Kier molecular flexibility index (Phi) is 4.13. The molecule has 1 amide bonds. The standard InChI is InChI=1S/C15H16N2O2/c1-3-19-15(18)17-16-11(2)13-10-6-8-12-7-4-5-9-14(12)13/h4-10H,3H2,1-2H3,(H,17,18)/b16-11+. The third-order valence-electron chi connectivity index (χ3n) is 2.77. The summed E-state index contributed by atoms with van der Waals surface area (Å²) in [5.74, 6) is 0. The first-order valence-electron chi connectivity index (χ1n) is 6.17. The molecule has 0 aliphatic carbocycles. The second-order valence-electron chi connectivity index (χ2n) is 4.06. The largest absolute Gasteiger partial charge is 0.449 e. The van der Waals surface area contributed by atoms with E-state index in [0.717, 1.165) is 22.0 Å². The third-order valence-corrected chi connectivity index (χ3v) is 2.77. The molecule has 0 aliphatic rings. The Hall–Kier alpha value is -2.36. The van der Waals surface area contributed by atoms with Crippen molar-refractivity contribution in [3.8, 4) is 0 Å². The quantitative estimate of drug-likeness (QED) is 0.676. The van der Waals surface area contributed by atoms with Gasteiger partial charge in [0, 0.05) is 5.56 Å². The van der Waals surface area contributed by atoms with E-state index in [1.807, 2.05) is 49.4 Å². The van der Waals surface area contributed by atoms with Gasteiger partial charge in [-0.25, -0.2) is 10.2 Å². The number of hydrogen-bond donors (Lipinski definition) is 1. The fourth-order valence-electron chi connectivity index (χ4n) is 1.89. The number of hydrazone groups is 1. The second kappa shape index (κ2) is 6.00. The van der Waals surface area contributed by atoms with Crippen molar-refractivity contribution in [2.45, 2.75) is 13.8 Å². The van der Waals surface area contributed by atoms with Gasteiger partial charge < -0.3 is 4.74 Å². The van der Waals surface area contributed by atoms with Crippen molar-refractivity contribution in [3.63, 3.8) is 0 Å². The van der Waals surface area contributed by atoms with Crippen LogP contribution in [0.5, 0.6) is 0 Å². The Morgan fingerprint density at radius 2 is 1.95 bits per heavy atom. The number of carbonyl (C=O) groups excluding carboxylic acids is 1. The topological polar surface area (TPSA) is 50.7 Å². The first kappa shape index (κ1) is 13.1. The van der Waals surface area contributed by atoms with E-state index < -0.39 is 6.09 Å². The van der Waals surface area contributed by atoms with E-state index in [2.05, 4.69) is 10.5 Å². The zero-order valence-corrected chi connectivity index (χ0v) is 11.0. The Morgan fingerprint density at radius 1 is 1.21 bits per heavy atom. The molecule has 19 heavy (non-hydrogen) atoms. The first-order valence-corrected chi connectivity index (χ1v) is 6.17. The summed E-state index contributed by atoms with van der Waals surface area (Å²) >= 11 is 0. The molecule has 4 nitrogen and oxygen atoms in total. The van der Waals surface area contributed by atoms with Crippen LogP contribution in [0.2, 0.25) is 0 Å². The molecule has 2 rings (SSSR count). The van der Waals surface area contributed by atoms with Crippen LogP contribution < -0.4 is 5.43 Å². The molecule has 98 valence electrons. The van der Waals surface area contributed by atoms with Crippen LogP contribution in [0.3, 0.4) is 0 Å². The van der Waals surface area contributed by atoms with Crippen LogP contribution in [0.25, 0.3) is 10.8 Å². The summed E-state index contributed by atoms with van der Waals surface area (Å²) in [5.41, 5.74) is 4.11. The van der Waals surface area contributed by atoms with Gasteiger partial charge in [0.2, 0.25) is 0 Å². The summed E-state index contributed by atoms with van der Waals surface area (Å²) in [5, 5.41) is 6.31. The van der Waals surface area contributed by atoms with Crippen LogP contribution in [0.4, 0.5) is 4.79 Å². The lowest BCUT2D eigenvalue weighted by molar-refractivity contribution is 0.152. The summed E-state index contributed by atoms with van der Waals surface area (Å²) in [7, 11) is 0. The average molecular weight is 256 g/mol. The molecule has 4 heteroatoms. The van der Waals surface area contributed by atoms with E-state index >= 15 is 0 Å². The highest BCUT2D eigenvalue weighted by Gasteiger charge is 2.04. The van der Waals surface area contributed by atoms with E-state index in [1.165, 1.54) is 0 Å². The molecule has 2 aromatic carbocycles. The Bertz CT molecular complexity index is 615. The minimum absolute atomic E-state index is 0.328. The molecule has 0 saturated heterocycles. The zero-order chi connectivity index (χ0) is 13.7. The molecule has 2 aromatic rings. The van der Waals surface area contributed by atoms with Crippen LogP contribution >= 0.6 is 0 Å². The molecule has 0 radical (unpaired) electrons. The molecule has 0 saturated carbocycles. The van der Waals surface area contributed by atoms with E-state index in [1.54, 1.807) is 6.92 Å². The van der Waals surface area contributed by atoms with Crippen molar-refractivity contribution in [1.29, 1.82) is 0 Å². The molecule has 0 bridgehead atoms. The maximum Gasteiger partial charge on any atom is 0.427 e. The van der Waals surface area contributed by atoms with Crippen LogP contribution in [-0.4, -0.2) is 18.4 Å². The number of amides is 1. The van der Waals surface area contributed by atoms with Crippen molar-refractivity contribution >= 4 is 22.6 Å². The Balaban J connectivity index is 2.28. The van der Waals surface area contributed by atoms with Gasteiger partial charge in [-0.3, -0.25) is 0 Å². The summed E-state index contributed by atoms with van der Waals surface area (Å²) in [6.45, 7) is 3.93. The van der Waals surface area contributed by atoms with E-state index in [-0.39, 0.29) is 0 Å². The fraction of sp³-hybridized carbons (Fsp3) is 0.200. The van der Waals surface area contributed by atoms with Gasteiger partial charge in [-0.05, 0) is 24.6 Å². The summed E-state index contributed by atoms with van der Waals surface area (Å²) in [6, 6.07) is 14.1. The van der Waals surface area contributed by atoms with Gasteiger partial charge in [-0.2, -0.15) is 5.10 Å². The number of rotatable bonds is 3. The number of nitrogens with zero attached hydrogens (tertiary/aromatic N) is 1. The van der Waals surface area contributed by atoms with E-state index in [0.29, 0.717) is 6.61 Å². The smallest absolute Gasteiger partial charge is 0.427 e. The van der Waals surface area contributed by atoms with Crippen LogP contribution in [0.1, 0.15) is 19.4 Å². The first-order chi connectivity index (χ1) is 9.22. The Labute approximate surface area is 112 Å². The summed E-state index contributed by atoms with van der Waals surface area (Å²) in [4.78, 5) is 11.2. The summed E-state index contributed by atoms with van der Waals surface area (Å²) < 4.78 is 4.76. The fourth-order valence-corrected chi connectivity index (χ4v) is 1.89. The number of fused-ring (bicyclic) bond motifs is 1. The molecular formula is C15H16N2O2. The van der Waals surface area contributed by atoms with Crippen LogP contribution in [0, 0.1) is 0 Å². The molecule has 0 fully saturated rings. The van der Waals surface area contributed by atoms with Gasteiger partial charge in [0.05, 0.1) is 12.3 Å². The maximum atomic E-state index is 11.2. The second-order valence-corrected chi connectivity index (χ2v) is 4.06. The highest BCUT2D eigenvalue weighted by Crippen LogP contribution is 2.18. The van der Waals surface area contributed by atoms with Crippen molar-refractivity contribution in [2.24, 2.45) is 5.10 Å². The average Bonchev–Trinajstić information content (AvgIpc) is 2.44. The van der Waals surface area contributed by atoms with Crippen molar-refractivity contribution in [1.82, 2.24) is 5.43 Å². The monoisotopic (exact) mass is 256 g/mol. The van der Waals surface area contributed by atoms with Gasteiger partial charge in [-0.1, -0.05) is 42.5 Å². The number of nitrogens with one attached hydrogen (secondary N) is 1. The van der Waals surface area contributed by atoms with Crippen molar-refractivity contribution in [3.05, 3.63) is 48.0 Å².